The molecule has 0 fully saturated rings. The van der Waals surface area contributed by atoms with Crippen molar-refractivity contribution in [1.82, 2.24) is 9.80 Å². The Kier molecular flexibility index (Phi) is 9.67. The monoisotopic (exact) mass is 308 g/mol. The smallest absolute Gasteiger partial charge is 0.119 e. The maximum Gasteiger partial charge on any atom is 0.119 e. The molecule has 0 N–H and O–H groups in total. The Balaban J connectivity index is 2.27. The first-order valence-corrected chi connectivity index (χ1v) is 8.53. The Labute approximate surface area is 136 Å². The molecule has 0 aliphatic carbocycles. The summed E-state index contributed by atoms with van der Waals surface area (Å²) in [5.74, 6) is 1.81. The highest BCUT2D eigenvalue weighted by atomic mass is 16.5. The maximum absolute atomic E-state index is 5.77. The number of hydrogen-bond donors (Lipinski definition) is 0. The molecule has 0 saturated carbocycles. The van der Waals surface area contributed by atoms with Gasteiger partial charge in [0.25, 0.3) is 0 Å². The van der Waals surface area contributed by atoms with Crippen molar-refractivity contribution >= 4 is 0 Å². The van der Waals surface area contributed by atoms with Crippen molar-refractivity contribution in [3.63, 3.8) is 0 Å². The predicted molar refractivity (Wildman–Crippen MR) is 93.0 cm³/mol. The van der Waals surface area contributed by atoms with Crippen LogP contribution in [0.5, 0.6) is 11.5 Å². The molecule has 1 aromatic rings. The highest BCUT2D eigenvalue weighted by Crippen LogP contribution is 2.17. The third-order valence-corrected chi connectivity index (χ3v) is 3.97. The number of ether oxygens (including phenoxy) is 2. The van der Waals surface area contributed by atoms with Gasteiger partial charge in [0.05, 0.1) is 0 Å². The van der Waals surface area contributed by atoms with Crippen LogP contribution in [-0.4, -0.2) is 62.3 Å². The lowest BCUT2D eigenvalue weighted by Crippen LogP contribution is -2.28. The second kappa shape index (κ2) is 11.3. The van der Waals surface area contributed by atoms with E-state index in [-0.39, 0.29) is 0 Å². The Hall–Kier alpha value is -1.26. The number of hydrogen-bond acceptors (Lipinski definition) is 4. The molecule has 126 valence electrons. The van der Waals surface area contributed by atoms with Crippen LogP contribution in [0.2, 0.25) is 0 Å². The van der Waals surface area contributed by atoms with Gasteiger partial charge in [0.2, 0.25) is 0 Å². The molecular weight excluding hydrogens is 276 g/mol. The van der Waals surface area contributed by atoms with Gasteiger partial charge >= 0.3 is 0 Å². The molecule has 4 nitrogen and oxygen atoms in total. The summed E-state index contributed by atoms with van der Waals surface area (Å²) in [6.45, 7) is 16.4. The summed E-state index contributed by atoms with van der Waals surface area (Å²) in [5, 5.41) is 0. The SMILES string of the molecule is CCN(CC)CCOc1ccc(OCCN(CC)CC)cc1. The zero-order valence-corrected chi connectivity index (χ0v) is 14.7. The van der Waals surface area contributed by atoms with Crippen molar-refractivity contribution < 1.29 is 9.47 Å². The van der Waals surface area contributed by atoms with E-state index in [0.717, 1.165) is 64.0 Å². The average molecular weight is 308 g/mol. The second-order valence-electron chi connectivity index (χ2n) is 5.22. The van der Waals surface area contributed by atoms with Crippen LogP contribution < -0.4 is 9.47 Å². The molecule has 0 bridgehead atoms. The molecule has 0 atom stereocenters. The summed E-state index contributed by atoms with van der Waals surface area (Å²) in [4.78, 5) is 4.70. The summed E-state index contributed by atoms with van der Waals surface area (Å²) in [5.41, 5.74) is 0. The van der Waals surface area contributed by atoms with Crippen LogP contribution in [0.25, 0.3) is 0 Å². The molecule has 0 heterocycles. The molecule has 0 unspecified atom stereocenters. The van der Waals surface area contributed by atoms with Crippen molar-refractivity contribution in [2.45, 2.75) is 27.7 Å². The van der Waals surface area contributed by atoms with E-state index in [0.29, 0.717) is 0 Å². The van der Waals surface area contributed by atoms with Gasteiger partial charge in [-0.15, -0.1) is 0 Å². The van der Waals surface area contributed by atoms with E-state index in [1.807, 2.05) is 24.3 Å². The van der Waals surface area contributed by atoms with Gasteiger partial charge in [0.15, 0.2) is 0 Å². The fourth-order valence-corrected chi connectivity index (χ4v) is 2.30. The zero-order chi connectivity index (χ0) is 16.2. The Bertz CT molecular complexity index is 336. The van der Waals surface area contributed by atoms with Crippen molar-refractivity contribution in [3.05, 3.63) is 24.3 Å². The quantitative estimate of drug-likeness (QED) is 0.592. The molecule has 0 aliphatic rings. The van der Waals surface area contributed by atoms with Crippen molar-refractivity contribution in [3.8, 4) is 11.5 Å². The lowest BCUT2D eigenvalue weighted by atomic mass is 10.3. The van der Waals surface area contributed by atoms with E-state index in [1.165, 1.54) is 0 Å². The van der Waals surface area contributed by atoms with E-state index in [9.17, 15) is 0 Å². The maximum atomic E-state index is 5.77. The molecule has 0 saturated heterocycles. The van der Waals surface area contributed by atoms with Crippen molar-refractivity contribution in [1.29, 1.82) is 0 Å². The van der Waals surface area contributed by atoms with Crippen molar-refractivity contribution in [2.24, 2.45) is 0 Å². The first-order valence-electron chi connectivity index (χ1n) is 8.53. The van der Waals surface area contributed by atoms with Crippen LogP contribution in [0.15, 0.2) is 24.3 Å². The van der Waals surface area contributed by atoms with Gasteiger partial charge in [-0.1, -0.05) is 27.7 Å². The summed E-state index contributed by atoms with van der Waals surface area (Å²) >= 11 is 0. The Morgan fingerprint density at radius 1 is 0.636 bits per heavy atom. The highest BCUT2D eigenvalue weighted by Gasteiger charge is 2.02. The van der Waals surface area contributed by atoms with Gasteiger partial charge < -0.3 is 19.3 Å². The number of nitrogens with zero attached hydrogens (tertiary/aromatic N) is 2. The molecule has 1 aromatic carbocycles. The van der Waals surface area contributed by atoms with Crippen LogP contribution in [0.3, 0.4) is 0 Å². The van der Waals surface area contributed by atoms with E-state index < -0.39 is 0 Å². The summed E-state index contributed by atoms with van der Waals surface area (Å²) in [7, 11) is 0. The lowest BCUT2D eigenvalue weighted by Gasteiger charge is -2.18. The molecule has 4 heteroatoms. The Morgan fingerprint density at radius 2 is 0.955 bits per heavy atom. The largest absolute Gasteiger partial charge is 0.492 e. The predicted octanol–water partition coefficient (Wildman–Crippen LogP) is 3.13. The normalized spacial score (nSPS) is 11.2. The fraction of sp³-hybridized carbons (Fsp3) is 0.667. The number of benzene rings is 1. The molecule has 0 radical (unpaired) electrons. The number of likely N-dealkylation sites (N-methyl/N-ethyl adjacent to an activating group) is 2. The summed E-state index contributed by atoms with van der Waals surface area (Å²) in [6.07, 6.45) is 0. The van der Waals surface area contributed by atoms with Crippen LogP contribution in [0, 0.1) is 0 Å². The standard InChI is InChI=1S/C18H32N2O2/c1-5-19(6-2)13-15-21-17-9-11-18(12-10-17)22-16-14-20(7-3)8-4/h9-12H,5-8,13-16H2,1-4H3. The van der Waals surface area contributed by atoms with Gasteiger partial charge in [-0.2, -0.15) is 0 Å². The third kappa shape index (κ3) is 7.14. The topological polar surface area (TPSA) is 24.9 Å². The van der Waals surface area contributed by atoms with Crippen LogP contribution in [0.1, 0.15) is 27.7 Å². The van der Waals surface area contributed by atoms with E-state index >= 15 is 0 Å². The number of rotatable bonds is 12. The van der Waals surface area contributed by atoms with Gasteiger partial charge in [-0.05, 0) is 50.4 Å². The average Bonchev–Trinajstić information content (AvgIpc) is 2.57. The Morgan fingerprint density at radius 3 is 1.23 bits per heavy atom. The molecule has 1 rings (SSSR count). The summed E-state index contributed by atoms with van der Waals surface area (Å²) < 4.78 is 11.5. The zero-order valence-electron chi connectivity index (χ0n) is 14.7. The van der Waals surface area contributed by atoms with Gasteiger partial charge in [-0.3, -0.25) is 0 Å². The fourth-order valence-electron chi connectivity index (χ4n) is 2.30. The lowest BCUT2D eigenvalue weighted by molar-refractivity contribution is 0.219. The molecule has 0 aromatic heterocycles. The summed E-state index contributed by atoms with van der Waals surface area (Å²) in [6, 6.07) is 7.92. The van der Waals surface area contributed by atoms with E-state index in [4.69, 9.17) is 9.47 Å². The minimum Gasteiger partial charge on any atom is -0.492 e. The molecule has 0 spiro atoms. The van der Waals surface area contributed by atoms with Crippen molar-refractivity contribution in [2.75, 3.05) is 52.5 Å². The van der Waals surface area contributed by atoms with Crippen LogP contribution >= 0.6 is 0 Å². The van der Waals surface area contributed by atoms with E-state index in [1.54, 1.807) is 0 Å². The first-order chi connectivity index (χ1) is 10.7. The minimum absolute atomic E-state index is 0.726. The van der Waals surface area contributed by atoms with Gasteiger partial charge in [-0.25, -0.2) is 0 Å². The minimum atomic E-state index is 0.726. The van der Waals surface area contributed by atoms with Gasteiger partial charge in [0, 0.05) is 13.1 Å². The first kappa shape index (κ1) is 18.8. The van der Waals surface area contributed by atoms with Gasteiger partial charge in [0.1, 0.15) is 24.7 Å². The van der Waals surface area contributed by atoms with Crippen LogP contribution in [0.4, 0.5) is 0 Å². The second-order valence-corrected chi connectivity index (χ2v) is 5.22. The molecular formula is C18H32N2O2. The molecule has 0 aliphatic heterocycles. The molecule has 22 heavy (non-hydrogen) atoms. The van der Waals surface area contributed by atoms with E-state index in [2.05, 4.69) is 37.5 Å². The van der Waals surface area contributed by atoms with Crippen LogP contribution in [-0.2, 0) is 0 Å². The molecule has 0 amide bonds. The highest BCUT2D eigenvalue weighted by molar-refractivity contribution is 5.31. The third-order valence-electron chi connectivity index (χ3n) is 3.97.